The number of nitro benzene ring substituents is 1. The van der Waals surface area contributed by atoms with Gasteiger partial charge in [0.2, 0.25) is 6.20 Å². The second-order valence-electron chi connectivity index (χ2n) is 4.43. The molecule has 1 aromatic carbocycles. The summed E-state index contributed by atoms with van der Waals surface area (Å²) in [7, 11) is 1.56. The third kappa shape index (κ3) is 2.38. The van der Waals surface area contributed by atoms with Crippen molar-refractivity contribution in [2.24, 2.45) is 0 Å². The van der Waals surface area contributed by atoms with Crippen LogP contribution < -0.4 is 9.14 Å². The van der Waals surface area contributed by atoms with E-state index in [-0.39, 0.29) is 5.69 Å². The van der Waals surface area contributed by atoms with Crippen molar-refractivity contribution in [2.45, 2.75) is 0 Å². The first-order valence-corrected chi connectivity index (χ1v) is 6.29. The number of rotatable bonds is 3. The van der Waals surface area contributed by atoms with Gasteiger partial charge in [-0.15, -0.1) is 0 Å². The Morgan fingerprint density at radius 1 is 1.19 bits per heavy atom. The molecule has 0 bridgehead atoms. The van der Waals surface area contributed by atoms with Gasteiger partial charge in [-0.2, -0.15) is 4.40 Å². The van der Waals surface area contributed by atoms with Gasteiger partial charge in [-0.1, -0.05) is 0 Å². The standard InChI is InChI=1S/C15H12N3O3/c1-21-15-14-4-2-3-9-17(14)10-13(16-15)11-5-7-12(8-6-11)18(19)20/h2-10H,1H3/q+1. The number of hydrogen-bond donors (Lipinski definition) is 0. The summed E-state index contributed by atoms with van der Waals surface area (Å²) in [6.45, 7) is 0. The average molecular weight is 282 g/mol. The van der Waals surface area contributed by atoms with Gasteiger partial charge in [0.25, 0.3) is 17.1 Å². The number of benzene rings is 1. The summed E-state index contributed by atoms with van der Waals surface area (Å²) < 4.78 is 7.22. The summed E-state index contributed by atoms with van der Waals surface area (Å²) in [6.07, 6.45) is 3.76. The predicted octanol–water partition coefficient (Wildman–Crippen LogP) is 2.40. The van der Waals surface area contributed by atoms with E-state index in [9.17, 15) is 10.1 Å². The molecule has 6 nitrogen and oxygen atoms in total. The van der Waals surface area contributed by atoms with Crippen LogP contribution in [-0.2, 0) is 0 Å². The van der Waals surface area contributed by atoms with Crippen molar-refractivity contribution in [3.05, 3.63) is 65.0 Å². The van der Waals surface area contributed by atoms with Crippen molar-refractivity contribution in [3.63, 3.8) is 0 Å². The molecule has 0 fully saturated rings. The largest absolute Gasteiger partial charge is 0.476 e. The molecule has 0 N–H and O–H groups in total. The minimum atomic E-state index is -0.424. The molecule has 104 valence electrons. The molecule has 0 aliphatic carbocycles. The van der Waals surface area contributed by atoms with Gasteiger partial charge in [-0.25, -0.2) is 4.98 Å². The maximum absolute atomic E-state index is 10.7. The van der Waals surface area contributed by atoms with Gasteiger partial charge < -0.3 is 4.74 Å². The van der Waals surface area contributed by atoms with E-state index in [0.29, 0.717) is 11.6 Å². The molecule has 2 aromatic heterocycles. The minimum absolute atomic E-state index is 0.0548. The molecular formula is C15H12N3O3+. The van der Waals surface area contributed by atoms with Crippen LogP contribution in [0.25, 0.3) is 16.8 Å². The molecule has 2 heterocycles. The van der Waals surface area contributed by atoms with Crippen molar-refractivity contribution in [1.82, 2.24) is 4.98 Å². The molecule has 21 heavy (non-hydrogen) atoms. The number of fused-ring (bicyclic) bond motifs is 1. The first-order valence-electron chi connectivity index (χ1n) is 6.29. The van der Waals surface area contributed by atoms with Gasteiger partial charge in [0.05, 0.1) is 12.0 Å². The van der Waals surface area contributed by atoms with Gasteiger partial charge in [0, 0.05) is 29.8 Å². The van der Waals surface area contributed by atoms with Crippen LogP contribution in [0.1, 0.15) is 0 Å². The first-order chi connectivity index (χ1) is 10.2. The number of ether oxygens (including phenoxy) is 1. The lowest BCUT2D eigenvalue weighted by molar-refractivity contribution is -0.512. The number of hydrogen-bond acceptors (Lipinski definition) is 4. The van der Waals surface area contributed by atoms with Gasteiger partial charge in [0.15, 0.2) is 6.20 Å². The quantitative estimate of drug-likeness (QED) is 0.420. The zero-order valence-electron chi connectivity index (χ0n) is 11.3. The molecule has 0 radical (unpaired) electrons. The molecule has 0 spiro atoms. The summed E-state index contributed by atoms with van der Waals surface area (Å²) >= 11 is 0. The second-order valence-corrected chi connectivity index (χ2v) is 4.43. The number of methoxy groups -OCH3 is 1. The average Bonchev–Trinajstić information content (AvgIpc) is 2.53. The van der Waals surface area contributed by atoms with E-state index < -0.39 is 4.92 Å². The number of aromatic nitrogens is 2. The Kier molecular flexibility index (Phi) is 3.19. The molecule has 3 rings (SSSR count). The highest BCUT2D eigenvalue weighted by molar-refractivity contribution is 5.62. The van der Waals surface area contributed by atoms with E-state index in [1.54, 1.807) is 19.2 Å². The molecular weight excluding hydrogens is 270 g/mol. The fraction of sp³-hybridized carbons (Fsp3) is 0.0667. The lowest BCUT2D eigenvalue weighted by Gasteiger charge is -2.03. The third-order valence-corrected chi connectivity index (χ3v) is 3.16. The normalized spacial score (nSPS) is 10.5. The van der Waals surface area contributed by atoms with Crippen LogP contribution in [0.3, 0.4) is 0 Å². The molecule has 6 heteroatoms. The molecule has 0 unspecified atom stereocenters. The highest BCUT2D eigenvalue weighted by Gasteiger charge is 2.15. The van der Waals surface area contributed by atoms with Crippen LogP contribution in [0.5, 0.6) is 5.88 Å². The zero-order chi connectivity index (χ0) is 14.8. The van der Waals surface area contributed by atoms with E-state index in [2.05, 4.69) is 4.98 Å². The molecule has 0 saturated heterocycles. The Balaban J connectivity index is 2.13. The maximum atomic E-state index is 10.7. The number of nitro groups is 1. The predicted molar refractivity (Wildman–Crippen MR) is 76.0 cm³/mol. The summed E-state index contributed by atoms with van der Waals surface area (Å²) in [5, 5.41) is 10.7. The van der Waals surface area contributed by atoms with Gasteiger partial charge in [0.1, 0.15) is 5.69 Å². The van der Waals surface area contributed by atoms with Crippen molar-refractivity contribution in [1.29, 1.82) is 0 Å². The Bertz CT molecular complexity index is 816. The topological polar surface area (TPSA) is 69.4 Å². The maximum Gasteiger partial charge on any atom is 0.288 e. The van der Waals surface area contributed by atoms with Crippen LogP contribution in [0.15, 0.2) is 54.9 Å². The lowest BCUT2D eigenvalue weighted by atomic mass is 10.1. The Labute approximate surface area is 120 Å². The Morgan fingerprint density at radius 3 is 2.62 bits per heavy atom. The third-order valence-electron chi connectivity index (χ3n) is 3.16. The van der Waals surface area contributed by atoms with Gasteiger partial charge >= 0.3 is 0 Å². The zero-order valence-corrected chi connectivity index (χ0v) is 11.3. The molecule has 0 aliphatic heterocycles. The highest BCUT2D eigenvalue weighted by atomic mass is 16.6. The molecule has 0 saturated carbocycles. The van der Waals surface area contributed by atoms with Gasteiger partial charge in [-0.3, -0.25) is 10.1 Å². The minimum Gasteiger partial charge on any atom is -0.476 e. The van der Waals surface area contributed by atoms with Crippen molar-refractivity contribution < 1.29 is 14.1 Å². The highest BCUT2D eigenvalue weighted by Crippen LogP contribution is 2.23. The van der Waals surface area contributed by atoms with Crippen LogP contribution >= 0.6 is 0 Å². The second kappa shape index (κ2) is 5.16. The van der Waals surface area contributed by atoms with Crippen molar-refractivity contribution in [2.75, 3.05) is 7.11 Å². The number of nitrogens with zero attached hydrogens (tertiary/aromatic N) is 3. The van der Waals surface area contributed by atoms with E-state index >= 15 is 0 Å². The monoisotopic (exact) mass is 282 g/mol. The van der Waals surface area contributed by atoms with Crippen LogP contribution in [-0.4, -0.2) is 17.0 Å². The summed E-state index contributed by atoms with van der Waals surface area (Å²) in [5.41, 5.74) is 2.38. The number of pyridine rings is 1. The lowest BCUT2D eigenvalue weighted by Crippen LogP contribution is -2.22. The SMILES string of the molecule is COc1nc(-c2ccc([N+](=O)[O-])cc2)c[n+]2ccccc12. The van der Waals surface area contributed by atoms with Crippen molar-refractivity contribution in [3.8, 4) is 17.1 Å². The van der Waals surface area contributed by atoms with Crippen LogP contribution in [0.4, 0.5) is 5.69 Å². The summed E-state index contributed by atoms with van der Waals surface area (Å²) in [5.74, 6) is 0.506. The number of non-ortho nitro benzene ring substituents is 1. The Hall–Kier alpha value is -3.02. The fourth-order valence-electron chi connectivity index (χ4n) is 2.12. The molecule has 0 atom stereocenters. The first kappa shape index (κ1) is 13.0. The van der Waals surface area contributed by atoms with Crippen LogP contribution in [0.2, 0.25) is 0 Å². The van der Waals surface area contributed by atoms with E-state index in [1.807, 2.05) is 35.0 Å². The van der Waals surface area contributed by atoms with E-state index in [1.165, 1.54) is 12.1 Å². The van der Waals surface area contributed by atoms with E-state index in [4.69, 9.17) is 4.74 Å². The molecule has 0 aliphatic rings. The van der Waals surface area contributed by atoms with Crippen molar-refractivity contribution >= 4 is 11.2 Å². The van der Waals surface area contributed by atoms with E-state index in [0.717, 1.165) is 11.1 Å². The summed E-state index contributed by atoms with van der Waals surface area (Å²) in [4.78, 5) is 14.7. The molecule has 0 amide bonds. The fourth-order valence-corrected chi connectivity index (χ4v) is 2.12. The van der Waals surface area contributed by atoms with Crippen LogP contribution in [0, 0.1) is 10.1 Å². The van der Waals surface area contributed by atoms with Gasteiger partial charge in [-0.05, 0) is 18.2 Å². The molecule has 3 aromatic rings. The smallest absolute Gasteiger partial charge is 0.288 e. The Morgan fingerprint density at radius 2 is 1.95 bits per heavy atom. The summed E-state index contributed by atoms with van der Waals surface area (Å²) in [6, 6.07) is 12.0.